The van der Waals surface area contributed by atoms with Crippen LogP contribution in [0, 0.1) is 17.8 Å². The zero-order valence-electron chi connectivity index (χ0n) is 9.10. The van der Waals surface area contributed by atoms with Crippen LogP contribution >= 0.6 is 0 Å². The Kier molecular flexibility index (Phi) is 3.29. The van der Waals surface area contributed by atoms with Gasteiger partial charge in [0, 0.05) is 0 Å². The average molecular weight is 180 g/mol. The minimum Gasteiger partial charge on any atom is -0.0651 e. The maximum absolute atomic E-state index is 2.38. The van der Waals surface area contributed by atoms with Gasteiger partial charge in [-0.1, -0.05) is 58.3 Å². The molecule has 0 saturated heterocycles. The summed E-state index contributed by atoms with van der Waals surface area (Å²) in [6.45, 7) is 2.38. The van der Waals surface area contributed by atoms with Crippen LogP contribution < -0.4 is 0 Å². The summed E-state index contributed by atoms with van der Waals surface area (Å²) in [7, 11) is 0. The van der Waals surface area contributed by atoms with E-state index in [2.05, 4.69) is 6.92 Å². The molecule has 0 radical (unpaired) electrons. The monoisotopic (exact) mass is 180 g/mol. The van der Waals surface area contributed by atoms with Gasteiger partial charge in [0.2, 0.25) is 0 Å². The van der Waals surface area contributed by atoms with E-state index >= 15 is 0 Å². The van der Waals surface area contributed by atoms with Crippen molar-refractivity contribution < 1.29 is 0 Å². The van der Waals surface area contributed by atoms with Crippen molar-refractivity contribution in [2.24, 2.45) is 17.8 Å². The molecule has 0 aromatic heterocycles. The fraction of sp³-hybridized carbons (Fsp3) is 1.00. The number of rotatable bonds is 2. The molecule has 0 heteroatoms. The van der Waals surface area contributed by atoms with Gasteiger partial charge in [0.05, 0.1) is 0 Å². The first-order valence-electron chi connectivity index (χ1n) is 6.40. The van der Waals surface area contributed by atoms with Crippen LogP contribution in [-0.2, 0) is 0 Å². The summed E-state index contributed by atoms with van der Waals surface area (Å²) in [6, 6.07) is 0. The Bertz CT molecular complexity index is 144. The zero-order chi connectivity index (χ0) is 9.10. The van der Waals surface area contributed by atoms with Crippen LogP contribution in [0.15, 0.2) is 0 Å². The lowest BCUT2D eigenvalue weighted by molar-refractivity contribution is 0.193. The summed E-state index contributed by atoms with van der Waals surface area (Å²) in [4.78, 5) is 0. The normalized spacial score (nSPS) is 36.7. The lowest BCUT2D eigenvalue weighted by Crippen LogP contribution is -2.20. The van der Waals surface area contributed by atoms with E-state index in [-0.39, 0.29) is 0 Å². The highest BCUT2D eigenvalue weighted by Gasteiger charge is 2.29. The number of hydrogen-bond acceptors (Lipinski definition) is 0. The zero-order valence-corrected chi connectivity index (χ0v) is 9.10. The molecule has 0 N–H and O–H groups in total. The lowest BCUT2D eigenvalue weighted by atomic mass is 9.74. The largest absolute Gasteiger partial charge is 0.0651 e. The van der Waals surface area contributed by atoms with E-state index in [0.717, 1.165) is 17.8 Å². The van der Waals surface area contributed by atoms with Crippen molar-refractivity contribution in [1.29, 1.82) is 0 Å². The predicted octanol–water partition coefficient (Wildman–Crippen LogP) is 4.39. The van der Waals surface area contributed by atoms with Gasteiger partial charge in [0.25, 0.3) is 0 Å². The van der Waals surface area contributed by atoms with E-state index in [9.17, 15) is 0 Å². The Morgan fingerprint density at radius 1 is 0.846 bits per heavy atom. The van der Waals surface area contributed by atoms with Crippen molar-refractivity contribution in [3.05, 3.63) is 0 Å². The van der Waals surface area contributed by atoms with E-state index in [4.69, 9.17) is 0 Å². The predicted molar refractivity (Wildman–Crippen MR) is 57.7 cm³/mol. The first kappa shape index (κ1) is 9.55. The molecule has 2 unspecified atom stereocenters. The molecule has 0 aliphatic heterocycles. The molecule has 2 fully saturated rings. The second-order valence-electron chi connectivity index (χ2n) is 5.25. The van der Waals surface area contributed by atoms with Gasteiger partial charge in [0.1, 0.15) is 0 Å². The molecule has 0 heterocycles. The van der Waals surface area contributed by atoms with Crippen LogP contribution in [0.25, 0.3) is 0 Å². The first-order valence-corrected chi connectivity index (χ1v) is 6.40. The summed E-state index contributed by atoms with van der Waals surface area (Å²) in [6.07, 6.45) is 13.8. The van der Waals surface area contributed by atoms with Crippen molar-refractivity contribution in [1.82, 2.24) is 0 Å². The molecule has 2 aliphatic rings. The van der Waals surface area contributed by atoms with Crippen molar-refractivity contribution in [2.45, 2.75) is 64.7 Å². The fourth-order valence-electron chi connectivity index (χ4n) is 3.56. The van der Waals surface area contributed by atoms with E-state index in [0.29, 0.717) is 0 Å². The smallest absolute Gasteiger partial charge is 0.0383 e. The van der Waals surface area contributed by atoms with Gasteiger partial charge in [-0.25, -0.2) is 0 Å². The Morgan fingerprint density at radius 2 is 1.54 bits per heavy atom. The summed E-state index contributed by atoms with van der Waals surface area (Å²) < 4.78 is 0. The van der Waals surface area contributed by atoms with Crippen molar-refractivity contribution >= 4 is 0 Å². The van der Waals surface area contributed by atoms with Crippen LogP contribution in [0.1, 0.15) is 64.7 Å². The molecule has 2 rings (SSSR count). The fourth-order valence-corrected chi connectivity index (χ4v) is 3.56. The second-order valence-corrected chi connectivity index (χ2v) is 5.25. The van der Waals surface area contributed by atoms with Gasteiger partial charge in [-0.2, -0.15) is 0 Å². The van der Waals surface area contributed by atoms with E-state index in [1.165, 1.54) is 32.1 Å². The second kappa shape index (κ2) is 4.48. The van der Waals surface area contributed by atoms with Crippen LogP contribution in [0.4, 0.5) is 0 Å². The Hall–Kier alpha value is 0. The summed E-state index contributed by atoms with van der Waals surface area (Å²) >= 11 is 0. The maximum atomic E-state index is 2.38. The maximum Gasteiger partial charge on any atom is -0.0383 e. The molecule has 0 nitrogen and oxygen atoms in total. The molecule has 13 heavy (non-hydrogen) atoms. The topological polar surface area (TPSA) is 0 Å². The third-order valence-electron chi connectivity index (χ3n) is 4.47. The SMILES string of the molecule is CCC1CCCC(C2CCCC2)C1. The third kappa shape index (κ3) is 2.27. The van der Waals surface area contributed by atoms with Crippen LogP contribution in [0.5, 0.6) is 0 Å². The number of hydrogen-bond donors (Lipinski definition) is 0. The standard InChI is InChI=1S/C13H24/c1-2-11-6-5-9-13(10-11)12-7-3-4-8-12/h11-13H,2-10H2,1H3. The van der Waals surface area contributed by atoms with E-state index < -0.39 is 0 Å². The highest BCUT2D eigenvalue weighted by molar-refractivity contribution is 4.80. The van der Waals surface area contributed by atoms with Crippen LogP contribution in [0.3, 0.4) is 0 Å². The molecule has 2 aliphatic carbocycles. The van der Waals surface area contributed by atoms with E-state index in [1.54, 1.807) is 25.7 Å². The first-order chi connectivity index (χ1) is 6.40. The molecule has 76 valence electrons. The Morgan fingerprint density at radius 3 is 2.23 bits per heavy atom. The molecule has 0 amide bonds. The average Bonchev–Trinajstić information content (AvgIpc) is 2.71. The van der Waals surface area contributed by atoms with Crippen LogP contribution in [0.2, 0.25) is 0 Å². The molecule has 0 bridgehead atoms. The lowest BCUT2D eigenvalue weighted by Gasteiger charge is -2.32. The summed E-state index contributed by atoms with van der Waals surface area (Å²) in [5.41, 5.74) is 0. The van der Waals surface area contributed by atoms with E-state index in [1.807, 2.05) is 0 Å². The Balaban J connectivity index is 1.84. The quantitative estimate of drug-likeness (QED) is 0.591. The van der Waals surface area contributed by atoms with Gasteiger partial charge in [-0.05, 0) is 24.2 Å². The Labute approximate surface area is 83.1 Å². The van der Waals surface area contributed by atoms with Crippen molar-refractivity contribution in [3.63, 3.8) is 0 Å². The summed E-state index contributed by atoms with van der Waals surface area (Å²) in [5, 5.41) is 0. The summed E-state index contributed by atoms with van der Waals surface area (Å²) in [5.74, 6) is 3.34. The van der Waals surface area contributed by atoms with Gasteiger partial charge in [-0.15, -0.1) is 0 Å². The molecule has 0 spiro atoms. The molecular weight excluding hydrogens is 156 g/mol. The van der Waals surface area contributed by atoms with Gasteiger partial charge in [-0.3, -0.25) is 0 Å². The highest BCUT2D eigenvalue weighted by atomic mass is 14.3. The molecular formula is C13H24. The van der Waals surface area contributed by atoms with Crippen molar-refractivity contribution in [3.8, 4) is 0 Å². The van der Waals surface area contributed by atoms with Gasteiger partial charge in [0.15, 0.2) is 0 Å². The third-order valence-corrected chi connectivity index (χ3v) is 4.47. The van der Waals surface area contributed by atoms with Gasteiger partial charge >= 0.3 is 0 Å². The molecule has 2 saturated carbocycles. The van der Waals surface area contributed by atoms with Crippen molar-refractivity contribution in [2.75, 3.05) is 0 Å². The molecule has 2 atom stereocenters. The van der Waals surface area contributed by atoms with Crippen LogP contribution in [-0.4, -0.2) is 0 Å². The molecule has 0 aromatic carbocycles. The minimum atomic E-state index is 1.08. The highest BCUT2D eigenvalue weighted by Crippen LogP contribution is 2.41. The van der Waals surface area contributed by atoms with Gasteiger partial charge < -0.3 is 0 Å². The molecule has 0 aromatic rings. The minimum absolute atomic E-state index is 1.08.